The van der Waals surface area contributed by atoms with Gasteiger partial charge in [-0.1, -0.05) is 304 Å². The molecular formula is C73H130NO8+. The quantitative estimate of drug-likeness (QED) is 0.0211. The molecule has 9 nitrogen and oxygen atoms in total. The third kappa shape index (κ3) is 64.0. The minimum Gasteiger partial charge on any atom is -0.477 e. The molecule has 0 aliphatic carbocycles. The van der Waals surface area contributed by atoms with Crippen molar-refractivity contribution in [1.82, 2.24) is 0 Å². The second kappa shape index (κ2) is 63.5. The van der Waals surface area contributed by atoms with Gasteiger partial charge in [0.1, 0.15) is 13.2 Å². The van der Waals surface area contributed by atoms with Crippen molar-refractivity contribution in [3.8, 4) is 0 Å². The summed E-state index contributed by atoms with van der Waals surface area (Å²) < 4.78 is 22.9. The number of unbranched alkanes of at least 4 members (excludes halogenated alkanes) is 34. The predicted molar refractivity (Wildman–Crippen MR) is 350 cm³/mol. The number of quaternary nitrogens is 1. The zero-order valence-corrected chi connectivity index (χ0v) is 54.1. The summed E-state index contributed by atoms with van der Waals surface area (Å²) in [5.74, 6) is -2.02. The molecule has 1 N–H and O–H groups in total. The van der Waals surface area contributed by atoms with E-state index in [2.05, 4.69) is 98.9 Å². The molecule has 0 radical (unpaired) electrons. The van der Waals surface area contributed by atoms with Crippen LogP contribution in [0.15, 0.2) is 85.1 Å². The maximum atomic E-state index is 12.9. The summed E-state index contributed by atoms with van der Waals surface area (Å²) in [6, 6.07) is 0. The highest BCUT2D eigenvalue weighted by Crippen LogP contribution is 2.18. The van der Waals surface area contributed by atoms with Gasteiger partial charge in [0, 0.05) is 12.8 Å². The fourth-order valence-corrected chi connectivity index (χ4v) is 9.70. The number of ether oxygens (including phenoxy) is 4. The number of hydrogen-bond acceptors (Lipinski definition) is 7. The third-order valence-electron chi connectivity index (χ3n) is 14.9. The Hall–Kier alpha value is -3.53. The van der Waals surface area contributed by atoms with E-state index in [0.717, 1.165) is 96.3 Å². The van der Waals surface area contributed by atoms with Gasteiger partial charge in [-0.2, -0.15) is 0 Å². The molecule has 0 fully saturated rings. The van der Waals surface area contributed by atoms with Crippen LogP contribution in [0.3, 0.4) is 0 Å². The number of hydrogen-bond donors (Lipinski definition) is 1. The molecule has 0 saturated carbocycles. The van der Waals surface area contributed by atoms with Crippen LogP contribution >= 0.6 is 0 Å². The molecule has 0 rings (SSSR count). The van der Waals surface area contributed by atoms with E-state index in [1.54, 1.807) is 0 Å². The van der Waals surface area contributed by atoms with Crippen molar-refractivity contribution in [3.05, 3.63) is 85.1 Å². The van der Waals surface area contributed by atoms with Gasteiger partial charge in [-0.15, -0.1) is 0 Å². The van der Waals surface area contributed by atoms with Crippen molar-refractivity contribution in [2.75, 3.05) is 47.5 Å². The number of rotatable bonds is 63. The molecule has 0 amide bonds. The van der Waals surface area contributed by atoms with Crippen molar-refractivity contribution < 1.29 is 42.9 Å². The number of likely N-dealkylation sites (N-methyl/N-ethyl adjacent to an activating group) is 1. The smallest absolute Gasteiger partial charge is 0.361 e. The Bertz CT molecular complexity index is 1620. The van der Waals surface area contributed by atoms with Gasteiger partial charge < -0.3 is 28.5 Å². The number of carbonyl (C=O) groups is 3. The molecule has 0 saturated heterocycles. The van der Waals surface area contributed by atoms with Crippen LogP contribution in [0.1, 0.15) is 303 Å². The van der Waals surface area contributed by atoms with Gasteiger partial charge in [0.25, 0.3) is 6.29 Å². The Labute approximate surface area is 506 Å². The van der Waals surface area contributed by atoms with Crippen molar-refractivity contribution in [2.45, 2.75) is 315 Å². The highest BCUT2D eigenvalue weighted by molar-refractivity contribution is 5.71. The van der Waals surface area contributed by atoms with Gasteiger partial charge in [0.15, 0.2) is 6.10 Å². The zero-order valence-electron chi connectivity index (χ0n) is 54.1. The number of nitrogens with zero attached hydrogens (tertiary/aromatic N) is 1. The van der Waals surface area contributed by atoms with Gasteiger partial charge in [-0.05, 0) is 70.6 Å². The fourth-order valence-electron chi connectivity index (χ4n) is 9.70. The molecule has 0 spiro atoms. The minimum absolute atomic E-state index is 0.181. The van der Waals surface area contributed by atoms with E-state index in [0.29, 0.717) is 23.9 Å². The number of allylic oxidation sites excluding steroid dienone is 14. The van der Waals surface area contributed by atoms with Gasteiger partial charge in [-0.3, -0.25) is 9.59 Å². The lowest BCUT2D eigenvalue weighted by Gasteiger charge is -2.25. The first-order valence-electron chi connectivity index (χ1n) is 34.3. The number of aliphatic carboxylic acids is 1. The lowest BCUT2D eigenvalue weighted by molar-refractivity contribution is -0.870. The zero-order chi connectivity index (χ0) is 59.8. The minimum atomic E-state index is -1.52. The number of esters is 2. The first kappa shape index (κ1) is 78.5. The van der Waals surface area contributed by atoms with Crippen molar-refractivity contribution >= 4 is 17.9 Å². The van der Waals surface area contributed by atoms with Crippen molar-refractivity contribution in [1.29, 1.82) is 0 Å². The van der Waals surface area contributed by atoms with Gasteiger partial charge in [0.2, 0.25) is 0 Å². The van der Waals surface area contributed by atoms with Crippen molar-refractivity contribution in [2.24, 2.45) is 0 Å². The van der Waals surface area contributed by atoms with Crippen LogP contribution in [0.4, 0.5) is 0 Å². The number of carbonyl (C=O) groups excluding carboxylic acids is 2. The van der Waals surface area contributed by atoms with Crippen LogP contribution in [0.2, 0.25) is 0 Å². The summed E-state index contributed by atoms with van der Waals surface area (Å²) in [6.07, 6.45) is 82.7. The Morgan fingerprint density at radius 2 is 0.695 bits per heavy atom. The normalized spacial score (nSPS) is 13.2. The van der Waals surface area contributed by atoms with Crippen molar-refractivity contribution in [3.63, 3.8) is 0 Å². The van der Waals surface area contributed by atoms with Crippen LogP contribution < -0.4 is 0 Å². The monoisotopic (exact) mass is 1150 g/mol. The van der Waals surface area contributed by atoms with E-state index in [9.17, 15) is 19.5 Å². The Balaban J connectivity index is 4.16. The molecular weight excluding hydrogens is 1020 g/mol. The van der Waals surface area contributed by atoms with Crippen LogP contribution in [0.25, 0.3) is 0 Å². The van der Waals surface area contributed by atoms with E-state index >= 15 is 0 Å². The van der Waals surface area contributed by atoms with E-state index < -0.39 is 24.3 Å². The maximum absolute atomic E-state index is 12.9. The predicted octanol–water partition coefficient (Wildman–Crippen LogP) is 21.1. The molecule has 0 aromatic heterocycles. The van der Waals surface area contributed by atoms with Crippen LogP contribution in [-0.4, -0.2) is 87.4 Å². The molecule has 0 aromatic carbocycles. The summed E-state index contributed by atoms with van der Waals surface area (Å²) in [4.78, 5) is 37.6. The highest BCUT2D eigenvalue weighted by atomic mass is 16.7. The number of carboxylic acid groups (broad SMARTS) is 1. The maximum Gasteiger partial charge on any atom is 0.361 e. The van der Waals surface area contributed by atoms with Gasteiger partial charge in [-0.25, -0.2) is 4.79 Å². The SMILES string of the molecule is CC/C=C\C/C=C\C/C=C\C/C=C\C/C=C\C/C=C\C/C=C\CCCCCCCC(=O)OC(COC(=O)CCCCCCCCCCCCCCCCCCCCCCCCCCCCCCCC)COC(OCC[N+](C)(C)C)C(=O)O. The molecule has 0 aliphatic heterocycles. The molecule has 0 aromatic rings. The molecule has 0 bridgehead atoms. The summed E-state index contributed by atoms with van der Waals surface area (Å²) >= 11 is 0. The Morgan fingerprint density at radius 3 is 1.04 bits per heavy atom. The molecule has 474 valence electrons. The lowest BCUT2D eigenvalue weighted by atomic mass is 10.0. The third-order valence-corrected chi connectivity index (χ3v) is 14.9. The second-order valence-corrected chi connectivity index (χ2v) is 24.1. The molecule has 2 unspecified atom stereocenters. The average Bonchev–Trinajstić information content (AvgIpc) is 3.45. The summed E-state index contributed by atoms with van der Waals surface area (Å²) in [5, 5.41) is 9.74. The first-order chi connectivity index (χ1) is 40.1. The van der Waals surface area contributed by atoms with E-state index in [-0.39, 0.29) is 32.2 Å². The van der Waals surface area contributed by atoms with Crippen LogP contribution in [-0.2, 0) is 33.3 Å². The fraction of sp³-hybridized carbons (Fsp3) is 0.767. The molecule has 2 atom stereocenters. The van der Waals surface area contributed by atoms with E-state index in [1.807, 2.05) is 21.1 Å². The molecule has 9 heteroatoms. The summed E-state index contributed by atoms with van der Waals surface area (Å²) in [5.41, 5.74) is 0. The summed E-state index contributed by atoms with van der Waals surface area (Å²) in [6.45, 7) is 4.77. The molecule has 0 heterocycles. The highest BCUT2D eigenvalue weighted by Gasteiger charge is 2.25. The largest absolute Gasteiger partial charge is 0.477 e. The van der Waals surface area contributed by atoms with E-state index in [4.69, 9.17) is 18.9 Å². The van der Waals surface area contributed by atoms with Gasteiger partial charge in [0.05, 0.1) is 34.4 Å². The topological polar surface area (TPSA) is 108 Å². The molecule has 0 aliphatic rings. The summed E-state index contributed by atoms with van der Waals surface area (Å²) in [7, 11) is 5.97. The van der Waals surface area contributed by atoms with Gasteiger partial charge >= 0.3 is 17.9 Å². The number of carboxylic acids is 1. The van der Waals surface area contributed by atoms with Crippen LogP contribution in [0.5, 0.6) is 0 Å². The lowest BCUT2D eigenvalue weighted by Crippen LogP contribution is -2.40. The first-order valence-corrected chi connectivity index (χ1v) is 34.3. The van der Waals surface area contributed by atoms with Crippen LogP contribution in [0, 0.1) is 0 Å². The molecule has 82 heavy (non-hydrogen) atoms. The second-order valence-electron chi connectivity index (χ2n) is 24.1. The average molecular weight is 1150 g/mol. The Kier molecular flexibility index (Phi) is 60.8. The Morgan fingerprint density at radius 1 is 0.378 bits per heavy atom. The standard InChI is InChI=1S/C73H129NO8/c1-6-8-10-12-14-16-18-20-22-24-26-28-30-32-34-35-36-38-39-41-43-45-47-49-51-53-55-57-59-61-63-70(75)80-67-69(68-81-73(72(77)78)79-66-65-74(3,4)5)82-71(76)64-62-60-58-56-54-52-50-48-46-44-42-40-37-33-31-29-27-25-23-21-19-17-15-13-11-9-7-2/h9,11,15,17,21,23,27,29,33,37,42,44,48,50,69,73H,6-8,10,12-14,16,18-20,22,24-26,28,30-32,34-36,38-41,43,45-47,49,51-68H2,1-5H3/p+1/b11-9-,17-15-,23-21-,29-27-,37-33-,44-42-,50-48-. The van der Waals surface area contributed by atoms with E-state index in [1.165, 1.54) is 173 Å².